The topological polar surface area (TPSA) is 0 Å². The van der Waals surface area contributed by atoms with E-state index in [1.165, 1.54) is 25.7 Å². The van der Waals surface area contributed by atoms with Crippen LogP contribution < -0.4 is 0 Å². The molecule has 0 aromatic carbocycles. The smallest absolute Gasteiger partial charge is 0.0357 e. The molecule has 5 atom stereocenters. The predicted molar refractivity (Wildman–Crippen MR) is 73.5 cm³/mol. The molecule has 0 N–H and O–H groups in total. The van der Waals surface area contributed by atoms with Crippen molar-refractivity contribution < 1.29 is 0 Å². The van der Waals surface area contributed by atoms with Crippen LogP contribution >= 0.6 is 0 Å². The van der Waals surface area contributed by atoms with Gasteiger partial charge in [0.1, 0.15) is 0 Å². The van der Waals surface area contributed by atoms with Crippen molar-refractivity contribution in [1.82, 2.24) is 0 Å². The van der Waals surface area contributed by atoms with E-state index in [1.54, 1.807) is 0 Å². The van der Waals surface area contributed by atoms with Gasteiger partial charge in [-0.15, -0.1) is 0 Å². The third-order valence-corrected chi connectivity index (χ3v) is 5.31. The minimum absolute atomic E-state index is 0.874. The second kappa shape index (κ2) is 6.07. The van der Waals surface area contributed by atoms with Gasteiger partial charge in [0.05, 0.1) is 0 Å². The Kier molecular flexibility index (Phi) is 5.34. The molecule has 1 aliphatic carbocycles. The Morgan fingerprint density at radius 2 is 1.69 bits per heavy atom. The molecule has 0 heterocycles. The van der Waals surface area contributed by atoms with E-state index in [4.69, 9.17) is 0 Å². The molecule has 0 bridgehead atoms. The summed E-state index contributed by atoms with van der Waals surface area (Å²) in [7, 11) is 0. The number of hydrogen-bond donors (Lipinski definition) is 0. The van der Waals surface area contributed by atoms with Crippen LogP contribution in [0.5, 0.6) is 0 Å². The van der Waals surface area contributed by atoms with Gasteiger partial charge >= 0.3 is 0 Å². The lowest BCUT2D eigenvalue weighted by molar-refractivity contribution is 0.0561. The molecule has 1 rings (SSSR count). The van der Waals surface area contributed by atoms with Crippen LogP contribution in [0.2, 0.25) is 0 Å². The minimum Gasteiger partial charge on any atom is -0.0651 e. The van der Waals surface area contributed by atoms with Gasteiger partial charge in [-0.05, 0) is 48.3 Å². The van der Waals surface area contributed by atoms with Crippen LogP contribution in [0.15, 0.2) is 0 Å². The zero-order valence-corrected chi connectivity index (χ0v) is 12.3. The van der Waals surface area contributed by atoms with E-state index in [1.807, 2.05) is 0 Å². The zero-order chi connectivity index (χ0) is 12.3. The maximum Gasteiger partial charge on any atom is -0.0357 e. The second-order valence-electron chi connectivity index (χ2n) is 6.57. The van der Waals surface area contributed by atoms with Crippen molar-refractivity contribution in [3.8, 4) is 0 Å². The first-order valence-electron chi connectivity index (χ1n) is 7.51. The standard InChI is InChI=1S/C16H32/c1-7-12(5)14-9-13(6)15(8-2)16(10-14)11(3)4/h11-16H,7-10H2,1-6H3. The van der Waals surface area contributed by atoms with Gasteiger partial charge in [-0.3, -0.25) is 0 Å². The molecule has 96 valence electrons. The van der Waals surface area contributed by atoms with Crippen LogP contribution in [0.4, 0.5) is 0 Å². The van der Waals surface area contributed by atoms with Gasteiger partial charge in [0, 0.05) is 0 Å². The summed E-state index contributed by atoms with van der Waals surface area (Å²) in [5.41, 5.74) is 0. The molecule has 5 unspecified atom stereocenters. The lowest BCUT2D eigenvalue weighted by Crippen LogP contribution is -2.36. The molecule has 16 heavy (non-hydrogen) atoms. The van der Waals surface area contributed by atoms with Crippen LogP contribution in [-0.4, -0.2) is 0 Å². The van der Waals surface area contributed by atoms with E-state index in [0.29, 0.717) is 0 Å². The first-order chi connectivity index (χ1) is 7.51. The normalized spacial score (nSPS) is 37.7. The lowest BCUT2D eigenvalue weighted by atomic mass is 9.61. The highest BCUT2D eigenvalue weighted by Gasteiger charge is 2.37. The molecule has 0 aromatic rings. The number of rotatable bonds is 4. The van der Waals surface area contributed by atoms with Gasteiger partial charge < -0.3 is 0 Å². The van der Waals surface area contributed by atoms with Gasteiger partial charge in [-0.2, -0.15) is 0 Å². The lowest BCUT2D eigenvalue weighted by Gasteiger charge is -2.44. The third kappa shape index (κ3) is 3.02. The molecule has 0 aliphatic heterocycles. The van der Waals surface area contributed by atoms with Crippen molar-refractivity contribution in [3.05, 3.63) is 0 Å². The van der Waals surface area contributed by atoms with Crippen LogP contribution in [0.3, 0.4) is 0 Å². The molecular formula is C16H32. The Balaban J connectivity index is 2.72. The summed E-state index contributed by atoms with van der Waals surface area (Å²) in [6.07, 6.45) is 5.72. The second-order valence-corrected chi connectivity index (χ2v) is 6.57. The Morgan fingerprint density at radius 3 is 2.12 bits per heavy atom. The predicted octanol–water partition coefficient (Wildman–Crippen LogP) is 5.38. The third-order valence-electron chi connectivity index (χ3n) is 5.31. The summed E-state index contributed by atoms with van der Waals surface area (Å²) >= 11 is 0. The molecule has 0 amide bonds. The summed E-state index contributed by atoms with van der Waals surface area (Å²) in [5, 5.41) is 0. The summed E-state index contributed by atoms with van der Waals surface area (Å²) in [6, 6.07) is 0. The Bertz CT molecular complexity index is 194. The largest absolute Gasteiger partial charge is 0.0651 e. The molecule has 1 saturated carbocycles. The van der Waals surface area contributed by atoms with Crippen molar-refractivity contribution in [3.63, 3.8) is 0 Å². The van der Waals surface area contributed by atoms with Crippen LogP contribution in [0.25, 0.3) is 0 Å². The fourth-order valence-electron chi connectivity index (χ4n) is 3.96. The van der Waals surface area contributed by atoms with Gasteiger partial charge in [0.25, 0.3) is 0 Å². The van der Waals surface area contributed by atoms with Crippen molar-refractivity contribution >= 4 is 0 Å². The average molecular weight is 224 g/mol. The van der Waals surface area contributed by atoms with E-state index in [2.05, 4.69) is 41.5 Å². The fourth-order valence-corrected chi connectivity index (χ4v) is 3.96. The van der Waals surface area contributed by atoms with Gasteiger partial charge in [-0.25, -0.2) is 0 Å². The van der Waals surface area contributed by atoms with Crippen LogP contribution in [-0.2, 0) is 0 Å². The number of hydrogen-bond acceptors (Lipinski definition) is 0. The quantitative estimate of drug-likeness (QED) is 0.601. The van der Waals surface area contributed by atoms with E-state index in [-0.39, 0.29) is 0 Å². The Hall–Kier alpha value is 0. The highest BCUT2D eigenvalue weighted by Crippen LogP contribution is 2.45. The molecule has 0 heteroatoms. The van der Waals surface area contributed by atoms with Crippen molar-refractivity contribution in [1.29, 1.82) is 0 Å². The first kappa shape index (κ1) is 14.1. The fraction of sp³-hybridized carbons (Fsp3) is 1.00. The highest BCUT2D eigenvalue weighted by atomic mass is 14.4. The van der Waals surface area contributed by atoms with Crippen LogP contribution in [0, 0.1) is 35.5 Å². The summed E-state index contributed by atoms with van der Waals surface area (Å²) in [4.78, 5) is 0. The van der Waals surface area contributed by atoms with E-state index >= 15 is 0 Å². The molecule has 0 saturated heterocycles. The molecule has 0 radical (unpaired) electrons. The molecule has 0 nitrogen and oxygen atoms in total. The Morgan fingerprint density at radius 1 is 1.06 bits per heavy atom. The minimum atomic E-state index is 0.874. The summed E-state index contributed by atoms with van der Waals surface area (Å²) < 4.78 is 0. The maximum absolute atomic E-state index is 2.50. The van der Waals surface area contributed by atoms with Crippen LogP contribution in [0.1, 0.15) is 67.2 Å². The Labute approximate surface area is 103 Å². The maximum atomic E-state index is 2.50. The molecule has 1 aliphatic rings. The summed E-state index contributed by atoms with van der Waals surface area (Å²) in [5.74, 6) is 5.72. The van der Waals surface area contributed by atoms with Crippen molar-refractivity contribution in [2.24, 2.45) is 35.5 Å². The van der Waals surface area contributed by atoms with Gasteiger partial charge in [-0.1, -0.05) is 54.4 Å². The average Bonchev–Trinajstić information content (AvgIpc) is 2.26. The van der Waals surface area contributed by atoms with Crippen molar-refractivity contribution in [2.45, 2.75) is 67.2 Å². The first-order valence-corrected chi connectivity index (χ1v) is 7.51. The highest BCUT2D eigenvalue weighted by molar-refractivity contribution is 4.86. The van der Waals surface area contributed by atoms with E-state index in [9.17, 15) is 0 Å². The van der Waals surface area contributed by atoms with Crippen molar-refractivity contribution in [2.75, 3.05) is 0 Å². The summed E-state index contributed by atoms with van der Waals surface area (Å²) in [6.45, 7) is 14.6. The SMILES string of the molecule is CCC(C)C1CC(C)C(CC)C(C(C)C)C1. The zero-order valence-electron chi connectivity index (χ0n) is 12.3. The van der Waals surface area contributed by atoms with E-state index in [0.717, 1.165) is 35.5 Å². The monoisotopic (exact) mass is 224 g/mol. The molecular weight excluding hydrogens is 192 g/mol. The molecule has 0 aromatic heterocycles. The molecule has 0 spiro atoms. The van der Waals surface area contributed by atoms with Gasteiger partial charge in [0.2, 0.25) is 0 Å². The van der Waals surface area contributed by atoms with E-state index < -0.39 is 0 Å². The van der Waals surface area contributed by atoms with Gasteiger partial charge in [0.15, 0.2) is 0 Å². The molecule has 1 fully saturated rings.